The van der Waals surface area contributed by atoms with Gasteiger partial charge in [0.2, 0.25) is 0 Å². The number of amidine groups is 1. The summed E-state index contributed by atoms with van der Waals surface area (Å²) in [5.41, 5.74) is 7.26. The minimum absolute atomic E-state index is 0.0312. The van der Waals surface area contributed by atoms with Crippen LogP contribution in [-0.2, 0) is 0 Å². The molecule has 1 aromatic heterocycles. The lowest BCUT2D eigenvalue weighted by Gasteiger charge is -2.36. The third-order valence-corrected chi connectivity index (χ3v) is 3.63. The van der Waals surface area contributed by atoms with E-state index < -0.39 is 0 Å². The van der Waals surface area contributed by atoms with Crippen molar-refractivity contribution in [2.45, 2.75) is 26.4 Å². The standard InChI is InChI=1S/C13H20N4O/c1-8-4-6-17(7-10(8)18)13-11(12(14)15)9(2)3-5-16-13/h3,5,8,10,18H,4,6-7H2,1-2H3,(H3,14,15). The predicted octanol–water partition coefficient (Wildman–Crippen LogP) is 0.881. The average Bonchev–Trinajstić information content (AvgIpc) is 2.32. The molecule has 1 aliphatic rings. The molecule has 0 aromatic carbocycles. The highest BCUT2D eigenvalue weighted by atomic mass is 16.3. The zero-order valence-electron chi connectivity index (χ0n) is 10.8. The normalized spacial score (nSPS) is 24.1. The Bertz CT molecular complexity index is 460. The summed E-state index contributed by atoms with van der Waals surface area (Å²) in [6.45, 7) is 5.37. The first-order chi connectivity index (χ1) is 8.50. The van der Waals surface area contributed by atoms with Crippen LogP contribution in [-0.4, -0.2) is 35.1 Å². The maximum atomic E-state index is 9.95. The van der Waals surface area contributed by atoms with E-state index in [9.17, 15) is 5.11 Å². The fourth-order valence-electron chi connectivity index (χ4n) is 2.36. The summed E-state index contributed by atoms with van der Waals surface area (Å²) >= 11 is 0. The SMILES string of the molecule is Cc1ccnc(N2CCC(C)C(O)C2)c1C(=N)N. The number of nitrogens with two attached hydrogens (primary N) is 1. The summed E-state index contributed by atoms with van der Waals surface area (Å²) in [6.07, 6.45) is 2.30. The van der Waals surface area contributed by atoms with Crippen molar-refractivity contribution in [3.8, 4) is 0 Å². The van der Waals surface area contributed by atoms with Crippen LogP contribution < -0.4 is 10.6 Å². The zero-order valence-corrected chi connectivity index (χ0v) is 10.8. The Balaban J connectivity index is 2.34. The molecule has 0 aliphatic carbocycles. The number of aliphatic hydroxyl groups is 1. The van der Waals surface area contributed by atoms with E-state index in [1.165, 1.54) is 0 Å². The molecule has 4 N–H and O–H groups in total. The fraction of sp³-hybridized carbons (Fsp3) is 0.538. The van der Waals surface area contributed by atoms with Crippen LogP contribution in [0.15, 0.2) is 12.3 Å². The Morgan fingerprint density at radius 1 is 1.61 bits per heavy atom. The van der Waals surface area contributed by atoms with E-state index in [2.05, 4.69) is 11.9 Å². The number of piperidine rings is 1. The Morgan fingerprint density at radius 2 is 2.33 bits per heavy atom. The van der Waals surface area contributed by atoms with E-state index >= 15 is 0 Å². The molecule has 18 heavy (non-hydrogen) atoms. The molecule has 1 aliphatic heterocycles. The maximum absolute atomic E-state index is 9.95. The van der Waals surface area contributed by atoms with Gasteiger partial charge >= 0.3 is 0 Å². The van der Waals surface area contributed by atoms with Crippen LogP contribution in [0.25, 0.3) is 0 Å². The molecular weight excluding hydrogens is 228 g/mol. The van der Waals surface area contributed by atoms with Gasteiger partial charge in [0.05, 0.1) is 11.7 Å². The summed E-state index contributed by atoms with van der Waals surface area (Å²) in [5.74, 6) is 1.06. The van der Waals surface area contributed by atoms with Crippen LogP contribution in [0.5, 0.6) is 0 Å². The number of nitrogen functional groups attached to an aromatic ring is 1. The smallest absolute Gasteiger partial charge is 0.139 e. The Hall–Kier alpha value is -1.62. The van der Waals surface area contributed by atoms with Crippen LogP contribution in [0.3, 0.4) is 0 Å². The quantitative estimate of drug-likeness (QED) is 0.535. The number of hydrogen-bond donors (Lipinski definition) is 3. The number of aryl methyl sites for hydroxylation is 1. The summed E-state index contributed by atoms with van der Waals surface area (Å²) < 4.78 is 0. The average molecular weight is 248 g/mol. The van der Waals surface area contributed by atoms with Gasteiger partial charge < -0.3 is 15.7 Å². The highest BCUT2D eigenvalue weighted by molar-refractivity contribution is 6.01. The summed E-state index contributed by atoms with van der Waals surface area (Å²) in [7, 11) is 0. The zero-order chi connectivity index (χ0) is 13.3. The van der Waals surface area contributed by atoms with E-state index in [0.717, 1.165) is 18.5 Å². The van der Waals surface area contributed by atoms with Gasteiger partial charge in [0.25, 0.3) is 0 Å². The molecule has 0 spiro atoms. The molecule has 1 saturated heterocycles. The Morgan fingerprint density at radius 3 is 2.94 bits per heavy atom. The number of aromatic nitrogens is 1. The van der Waals surface area contributed by atoms with Crippen molar-refractivity contribution in [2.24, 2.45) is 11.7 Å². The lowest BCUT2D eigenvalue weighted by atomic mass is 9.95. The van der Waals surface area contributed by atoms with E-state index in [1.807, 2.05) is 17.9 Å². The van der Waals surface area contributed by atoms with Gasteiger partial charge in [0.15, 0.2) is 0 Å². The monoisotopic (exact) mass is 248 g/mol. The van der Waals surface area contributed by atoms with Crippen molar-refractivity contribution in [1.82, 2.24) is 4.98 Å². The van der Waals surface area contributed by atoms with Gasteiger partial charge in [0.1, 0.15) is 11.7 Å². The van der Waals surface area contributed by atoms with Gasteiger partial charge in [-0.15, -0.1) is 0 Å². The Kier molecular flexibility index (Phi) is 3.52. The van der Waals surface area contributed by atoms with E-state index in [1.54, 1.807) is 6.20 Å². The first-order valence-electron chi connectivity index (χ1n) is 6.23. The second-order valence-electron chi connectivity index (χ2n) is 5.02. The molecule has 1 fully saturated rings. The van der Waals surface area contributed by atoms with Gasteiger partial charge in [-0.05, 0) is 30.9 Å². The summed E-state index contributed by atoms with van der Waals surface area (Å²) in [4.78, 5) is 6.36. The molecular formula is C13H20N4O. The number of hydrogen-bond acceptors (Lipinski definition) is 4. The molecule has 1 aromatic rings. The van der Waals surface area contributed by atoms with Crippen LogP contribution >= 0.6 is 0 Å². The number of rotatable bonds is 2. The third kappa shape index (κ3) is 2.31. The first kappa shape index (κ1) is 12.8. The molecule has 5 heteroatoms. The van der Waals surface area contributed by atoms with Crippen LogP contribution in [0, 0.1) is 18.3 Å². The number of aliphatic hydroxyl groups excluding tert-OH is 1. The third-order valence-electron chi connectivity index (χ3n) is 3.63. The van der Waals surface area contributed by atoms with Gasteiger partial charge in [-0.25, -0.2) is 4.98 Å². The van der Waals surface area contributed by atoms with E-state index in [-0.39, 0.29) is 11.9 Å². The van der Waals surface area contributed by atoms with Gasteiger partial charge in [-0.3, -0.25) is 5.41 Å². The summed E-state index contributed by atoms with van der Waals surface area (Å²) in [6, 6.07) is 1.85. The van der Waals surface area contributed by atoms with Crippen LogP contribution in [0.1, 0.15) is 24.5 Å². The Labute approximate surface area is 107 Å². The number of nitrogens with one attached hydrogen (secondary N) is 1. The number of nitrogens with zero attached hydrogens (tertiary/aromatic N) is 2. The lowest BCUT2D eigenvalue weighted by Crippen LogP contribution is -2.44. The van der Waals surface area contributed by atoms with Gasteiger partial charge in [0, 0.05) is 19.3 Å². The van der Waals surface area contributed by atoms with E-state index in [4.69, 9.17) is 11.1 Å². The molecule has 2 atom stereocenters. The molecule has 0 amide bonds. The second kappa shape index (κ2) is 4.94. The lowest BCUT2D eigenvalue weighted by molar-refractivity contribution is 0.102. The topological polar surface area (TPSA) is 86.2 Å². The molecule has 0 radical (unpaired) electrons. The minimum Gasteiger partial charge on any atom is -0.391 e. The molecule has 2 rings (SSSR count). The van der Waals surface area contributed by atoms with Crippen molar-refractivity contribution >= 4 is 11.7 Å². The number of anilines is 1. The highest BCUT2D eigenvalue weighted by Crippen LogP contribution is 2.26. The largest absolute Gasteiger partial charge is 0.391 e. The van der Waals surface area contributed by atoms with Gasteiger partial charge in [-0.1, -0.05) is 6.92 Å². The van der Waals surface area contributed by atoms with Crippen molar-refractivity contribution in [3.05, 3.63) is 23.4 Å². The predicted molar refractivity (Wildman–Crippen MR) is 72.0 cm³/mol. The molecule has 0 saturated carbocycles. The maximum Gasteiger partial charge on any atom is 0.139 e. The number of β-amino-alcohol motifs (C(OH)–C–C–N with tert-alkyl or cyclic N) is 1. The van der Waals surface area contributed by atoms with Gasteiger partial charge in [-0.2, -0.15) is 0 Å². The van der Waals surface area contributed by atoms with Crippen LogP contribution in [0.2, 0.25) is 0 Å². The van der Waals surface area contributed by atoms with Crippen LogP contribution in [0.4, 0.5) is 5.82 Å². The summed E-state index contributed by atoms with van der Waals surface area (Å²) in [5, 5.41) is 17.6. The number of pyridine rings is 1. The van der Waals surface area contributed by atoms with Crippen molar-refractivity contribution in [3.63, 3.8) is 0 Å². The highest BCUT2D eigenvalue weighted by Gasteiger charge is 2.27. The van der Waals surface area contributed by atoms with E-state index in [0.29, 0.717) is 23.8 Å². The van der Waals surface area contributed by atoms with Crippen molar-refractivity contribution in [1.29, 1.82) is 5.41 Å². The minimum atomic E-state index is -0.346. The molecule has 98 valence electrons. The second-order valence-corrected chi connectivity index (χ2v) is 5.02. The van der Waals surface area contributed by atoms with Crippen molar-refractivity contribution < 1.29 is 5.11 Å². The molecule has 5 nitrogen and oxygen atoms in total. The molecule has 2 unspecified atom stereocenters. The molecule has 2 heterocycles. The fourth-order valence-corrected chi connectivity index (χ4v) is 2.36. The van der Waals surface area contributed by atoms with Crippen molar-refractivity contribution in [2.75, 3.05) is 18.0 Å². The molecule has 0 bridgehead atoms. The first-order valence-corrected chi connectivity index (χ1v) is 6.23.